The quantitative estimate of drug-likeness (QED) is 0.225. The fourth-order valence-electron chi connectivity index (χ4n) is 0.0447. The first kappa shape index (κ1) is 11.5. The van der Waals surface area contributed by atoms with E-state index >= 15 is 0 Å². The van der Waals surface area contributed by atoms with Crippen LogP contribution in [0.3, 0.4) is 0 Å². The largest absolute Gasteiger partial charge is 0 e. The Morgan fingerprint density at radius 3 is 1.12 bits per heavy atom. The van der Waals surface area contributed by atoms with E-state index in [1.165, 1.54) is 0 Å². The van der Waals surface area contributed by atoms with Crippen LogP contribution in [0.25, 0.3) is 0 Å². The van der Waals surface area contributed by atoms with Crippen LogP contribution in [0.4, 0.5) is 0 Å². The van der Waals surface area contributed by atoms with Crippen LogP contribution in [0.1, 0.15) is 0 Å². The maximum absolute atomic E-state index is 7.89. The first-order valence-corrected chi connectivity index (χ1v) is 3.06. The molecule has 0 atom stereocenters. The van der Waals surface area contributed by atoms with E-state index in [4.69, 9.17) is 14.7 Å². The Labute approximate surface area is 55.5 Å². The van der Waals surface area contributed by atoms with E-state index in [1.807, 2.05) is 0 Å². The molecule has 1 rings (SSSR count). The van der Waals surface area contributed by atoms with E-state index in [-0.39, 0.29) is 22.9 Å². The van der Waals surface area contributed by atoms with Crippen LogP contribution in [-0.2, 0) is 26.1 Å². The molecule has 1 saturated heterocycles. The van der Waals surface area contributed by atoms with E-state index in [2.05, 4.69) is 9.35 Å². The van der Waals surface area contributed by atoms with Crippen molar-refractivity contribution in [1.82, 2.24) is 6.15 Å². The first-order chi connectivity index (χ1) is 2.47. The second-order valence-corrected chi connectivity index (χ2v) is 2.95. The first-order valence-electron chi connectivity index (χ1n) is 1.13. The summed E-state index contributed by atoms with van der Waals surface area (Å²) in [5.41, 5.74) is 0. The Hall–Kier alpha value is 0.696. The van der Waals surface area contributed by atoms with Gasteiger partial charge in [-0.2, -0.15) is 0 Å². The Morgan fingerprint density at radius 1 is 1.00 bits per heavy atom. The van der Waals surface area contributed by atoms with Crippen molar-refractivity contribution in [3.63, 3.8) is 0 Å². The van der Waals surface area contributed by atoms with Crippen molar-refractivity contribution in [3.05, 3.63) is 0 Å². The van der Waals surface area contributed by atoms with Crippen molar-refractivity contribution in [2.24, 2.45) is 0 Å². The zero-order chi connectivity index (χ0) is 4.86. The van der Waals surface area contributed by atoms with E-state index in [1.54, 1.807) is 0 Å². The van der Waals surface area contributed by atoms with E-state index in [0.29, 0.717) is 0 Å². The summed E-state index contributed by atoms with van der Waals surface area (Å²) >= 11 is 0. The SMILES string of the molecule is N.OP1(O)(O)OO1.[Co]. The van der Waals surface area contributed by atoms with E-state index < -0.39 is 7.74 Å². The molecule has 0 aromatic carbocycles. The Balaban J connectivity index is 0. The van der Waals surface area contributed by atoms with Crippen molar-refractivity contribution in [2.75, 3.05) is 0 Å². The Morgan fingerprint density at radius 2 is 1.12 bits per heavy atom. The van der Waals surface area contributed by atoms with Crippen LogP contribution in [0.15, 0.2) is 0 Å². The van der Waals surface area contributed by atoms with E-state index in [0.717, 1.165) is 0 Å². The molecule has 1 aliphatic rings. The van der Waals surface area contributed by atoms with Gasteiger partial charge >= 0.3 is 31.8 Å². The average molecular weight is 190 g/mol. The van der Waals surface area contributed by atoms with Crippen molar-refractivity contribution < 1.29 is 40.8 Å². The monoisotopic (exact) mass is 190 g/mol. The van der Waals surface area contributed by atoms with Gasteiger partial charge in [-0.05, 0) is 0 Å². The van der Waals surface area contributed by atoms with Crippen molar-refractivity contribution in [2.45, 2.75) is 0 Å². The van der Waals surface area contributed by atoms with Gasteiger partial charge in [0.2, 0.25) is 0 Å². The molecule has 0 aliphatic carbocycles. The molecule has 0 spiro atoms. The average Bonchev–Trinajstić information content (AvgIpc) is 1.73. The van der Waals surface area contributed by atoms with Crippen molar-refractivity contribution in [1.29, 1.82) is 0 Å². The maximum Gasteiger partial charge on any atom is 0 e. The van der Waals surface area contributed by atoms with Gasteiger partial charge < -0.3 is 6.15 Å². The molecule has 6 N–H and O–H groups in total. The second-order valence-electron chi connectivity index (χ2n) is 0.982. The van der Waals surface area contributed by atoms with Crippen LogP contribution in [0.2, 0.25) is 0 Å². The van der Waals surface area contributed by atoms with Crippen LogP contribution < -0.4 is 6.15 Å². The normalized spacial score (nSPS) is 32.1. The zero-order valence-electron chi connectivity index (χ0n) is 3.65. The van der Waals surface area contributed by atoms with Crippen LogP contribution in [0.5, 0.6) is 0 Å². The molecule has 0 aromatic rings. The number of rotatable bonds is 0. The molecule has 0 unspecified atom stereocenters. The molecule has 1 fully saturated rings. The summed E-state index contributed by atoms with van der Waals surface area (Å²) in [7, 11) is -4.80. The number of hydrogen-bond acceptors (Lipinski definition) is 6. The second kappa shape index (κ2) is 2.14. The van der Waals surface area contributed by atoms with E-state index in [9.17, 15) is 0 Å². The fraction of sp³-hybridized carbons (Fsp3) is 0. The van der Waals surface area contributed by atoms with Gasteiger partial charge in [0.15, 0.2) is 0 Å². The molecule has 1 heterocycles. The molecule has 0 aromatic heterocycles. The molecule has 8 heavy (non-hydrogen) atoms. The molecule has 0 saturated carbocycles. The Bertz CT molecular complexity index is 76.2. The summed E-state index contributed by atoms with van der Waals surface area (Å²) in [4.78, 5) is 23.7. The van der Waals surface area contributed by atoms with Crippen molar-refractivity contribution in [3.8, 4) is 0 Å². The summed E-state index contributed by atoms with van der Waals surface area (Å²) in [6, 6.07) is 0. The summed E-state index contributed by atoms with van der Waals surface area (Å²) in [5, 5.41) is 0. The molecule has 0 amide bonds. The van der Waals surface area contributed by atoms with Gasteiger partial charge in [0.25, 0.3) is 0 Å². The van der Waals surface area contributed by atoms with Gasteiger partial charge in [0.05, 0.1) is 0 Å². The minimum Gasteiger partial charge on any atom is 0 e. The molecule has 0 bridgehead atoms. The minimum absolute atomic E-state index is 0. The molecule has 1 radical (unpaired) electrons. The molecule has 6 nitrogen and oxygen atoms in total. The third kappa shape index (κ3) is 3.67. The van der Waals surface area contributed by atoms with Crippen molar-refractivity contribution >= 4 is 7.74 Å². The van der Waals surface area contributed by atoms with Crippen LogP contribution in [0, 0.1) is 0 Å². The van der Waals surface area contributed by atoms with Gasteiger partial charge in [-0.3, -0.25) is 0 Å². The summed E-state index contributed by atoms with van der Waals surface area (Å²) in [6.45, 7) is 0. The number of hydrogen-bond donors (Lipinski definition) is 4. The van der Waals surface area contributed by atoms with Crippen LogP contribution in [-0.4, -0.2) is 14.7 Å². The van der Waals surface area contributed by atoms with Gasteiger partial charge in [-0.15, -0.1) is 0 Å². The maximum atomic E-state index is 7.89. The van der Waals surface area contributed by atoms with Gasteiger partial charge in [0, 0.05) is 16.8 Å². The summed E-state index contributed by atoms with van der Waals surface area (Å²) in [6.07, 6.45) is 0. The fourth-order valence-corrected chi connectivity index (χ4v) is 0.402. The molecule has 8 heteroatoms. The van der Waals surface area contributed by atoms with Gasteiger partial charge in [-0.1, -0.05) is 0 Å². The standard InChI is InChI=1S/Co.H3N.H3O5P/c;;1-6(2,3)4-5-6/h;1H3;1-3H. The molecular weight excluding hydrogens is 184 g/mol. The van der Waals surface area contributed by atoms with Gasteiger partial charge in [-0.25, -0.2) is 0 Å². The molecule has 1 aliphatic heterocycles. The third-order valence-electron chi connectivity index (χ3n) is 0.275. The predicted octanol–water partition coefficient (Wildman–Crippen LogP) is -0.787. The third-order valence-corrected chi connectivity index (χ3v) is 0.824. The zero-order valence-corrected chi connectivity index (χ0v) is 5.58. The minimum atomic E-state index is -4.80. The molecule has 55 valence electrons. The smallest absolute Gasteiger partial charge is 0 e. The Kier molecular flexibility index (Phi) is 3.07. The van der Waals surface area contributed by atoms with Gasteiger partial charge in [0.1, 0.15) is 0 Å². The predicted molar refractivity (Wildman–Crippen MR) is 20.8 cm³/mol. The molecular formula is H6CoNO5P. The summed E-state index contributed by atoms with van der Waals surface area (Å²) < 4.78 is 6.76. The topological polar surface area (TPSA) is 121 Å². The van der Waals surface area contributed by atoms with Crippen LogP contribution >= 0.6 is 7.74 Å². The summed E-state index contributed by atoms with van der Waals surface area (Å²) in [5.74, 6) is 0.